The largest absolute Gasteiger partial charge is 0.495 e. The molecule has 0 aromatic carbocycles. The number of carboxylic acid groups (broad SMARTS) is 1. The van der Waals surface area contributed by atoms with Crippen LogP contribution in [-0.4, -0.2) is 163 Å². The Morgan fingerprint density at radius 3 is 2.07 bits per heavy atom. The number of aliphatic carboxylic acids is 1. The first-order chi connectivity index (χ1) is 41.6. The number of allylic oxidation sites excluding steroid dienone is 1. The number of carboxylic acids is 1. The van der Waals surface area contributed by atoms with Gasteiger partial charge in [0.2, 0.25) is 64.7 Å². The standard InChI is InChI=1S/C54H50N16O15S3/c1-20(2)13-31-51-57-14-34(85-51)46(78)56-17-37-55-15-35(87-37)47(79)64-26(8)52-58-16-36(88-52)48(80)62-24(6)42(74)63-25(7)50-68-32(18-84-50)39-29(53-69-33(19-86-53)45(77)70-38(28(10)71)49(81)67-31)11-12-30(66-39)44(76)61-23(5)41(73)59-21(3)40(72)60-22(4)43(75)65-27(9)54(82)83/h11-16,18-20,26,28,38,71H,3-7,9,17H2,1-2,8,10H3,(H,56,78)(H,59,73)(H,60,72)(H,61,76)(H,62,80)(H,63,74)(H,64,79)(H,65,75)(H,67,81)(H,70,77)(H,82,83). The molecular formula is C54H50N16O15S3. The van der Waals surface area contributed by atoms with Gasteiger partial charge in [-0.2, -0.15) is 0 Å². The summed E-state index contributed by atoms with van der Waals surface area (Å²) in [5, 5.41) is 122. The SMILES string of the molecule is C=C(N=C(O)C(=C)N=C(O)C(=C)N=C(O)C(=C)NC(=O)c1ccc2c(n1)-c1coc(n1)C(=C)N=C(O)C(=C)N=C(O)c1cnc(s1)C(C)N=C(O)c1cnc(s1)CN=C(O)c1cnc(o1)C(=CC(C)C)N=C(O)C(C(C)O)N=C(O)c1csc-2n1)C(=O)O. The molecule has 1 aliphatic rings. The molecule has 0 saturated heterocycles. The smallest absolute Gasteiger partial charge is 0.354 e. The third-order valence-corrected chi connectivity index (χ3v) is 14.1. The number of amides is 1. The molecule has 7 heterocycles. The van der Waals surface area contributed by atoms with E-state index in [9.17, 15) is 60.7 Å². The number of aliphatic hydroxyl groups excluding tert-OH is 10. The molecule has 88 heavy (non-hydrogen) atoms. The highest BCUT2D eigenvalue weighted by molar-refractivity contribution is 7.14. The van der Waals surface area contributed by atoms with Gasteiger partial charge in [-0.25, -0.2) is 79.6 Å². The molecule has 34 heteroatoms. The van der Waals surface area contributed by atoms with E-state index in [1.165, 1.54) is 36.8 Å². The Morgan fingerprint density at radius 2 is 1.39 bits per heavy atom. The van der Waals surface area contributed by atoms with Crippen molar-refractivity contribution >= 4 is 110 Å². The van der Waals surface area contributed by atoms with Gasteiger partial charge in [-0.3, -0.25) is 4.79 Å². The number of aliphatic hydroxyl groups is 10. The summed E-state index contributed by atoms with van der Waals surface area (Å²) in [7, 11) is 0. The first kappa shape index (κ1) is 64.3. The summed E-state index contributed by atoms with van der Waals surface area (Å²) in [5.41, 5.74) is -4.16. The third-order valence-electron chi connectivity index (χ3n) is 11.1. The Kier molecular flexibility index (Phi) is 20.2. The summed E-state index contributed by atoms with van der Waals surface area (Å²) < 4.78 is 11.5. The summed E-state index contributed by atoms with van der Waals surface area (Å²) in [6, 6.07) is 0.200. The van der Waals surface area contributed by atoms with Gasteiger partial charge in [0.1, 0.15) is 94.0 Å². The van der Waals surface area contributed by atoms with Gasteiger partial charge in [0, 0.05) is 10.9 Å². The lowest BCUT2D eigenvalue weighted by Crippen LogP contribution is -2.31. The van der Waals surface area contributed by atoms with Crippen molar-refractivity contribution in [1.29, 1.82) is 0 Å². The summed E-state index contributed by atoms with van der Waals surface area (Å²) in [6.45, 7) is 27.3. The van der Waals surface area contributed by atoms with Crippen LogP contribution in [0.1, 0.15) is 87.2 Å². The Hall–Kier alpha value is -11.2. The number of carbonyl (C=O) groups excluding carboxylic acids is 1. The molecule has 10 bridgehead atoms. The molecule has 12 N–H and O–H groups in total. The molecule has 3 unspecified atom stereocenters. The average Bonchev–Trinajstić information content (AvgIpc) is 2.61. The van der Waals surface area contributed by atoms with Gasteiger partial charge in [0.25, 0.3) is 11.8 Å². The van der Waals surface area contributed by atoms with Crippen molar-refractivity contribution in [3.8, 4) is 22.0 Å². The quantitative estimate of drug-likeness (QED) is 0.0328. The molecule has 0 radical (unpaired) electrons. The molecule has 1 amide bonds. The highest BCUT2D eigenvalue weighted by atomic mass is 32.1. The number of carbonyl (C=O) groups is 2. The minimum Gasteiger partial charge on any atom is -0.495 e. The molecule has 454 valence electrons. The van der Waals surface area contributed by atoms with Gasteiger partial charge in [-0.1, -0.05) is 59.4 Å². The van der Waals surface area contributed by atoms with Crippen LogP contribution in [0.25, 0.3) is 33.4 Å². The summed E-state index contributed by atoms with van der Waals surface area (Å²) >= 11 is 2.91. The zero-order chi connectivity index (χ0) is 64.4. The van der Waals surface area contributed by atoms with Gasteiger partial charge in [-0.15, -0.1) is 34.0 Å². The summed E-state index contributed by atoms with van der Waals surface area (Å²) in [5.74, 6) is -10.7. The number of oxazole rings is 2. The van der Waals surface area contributed by atoms with Gasteiger partial charge < -0.3 is 70.3 Å². The van der Waals surface area contributed by atoms with Crippen molar-refractivity contribution in [2.75, 3.05) is 0 Å². The summed E-state index contributed by atoms with van der Waals surface area (Å²) in [4.78, 5) is 86.6. The van der Waals surface area contributed by atoms with Crippen LogP contribution in [0.4, 0.5) is 0 Å². The predicted octanol–water partition coefficient (Wildman–Crippen LogP) is 8.54. The maximum absolute atomic E-state index is 13.8. The molecule has 0 fully saturated rings. The van der Waals surface area contributed by atoms with Crippen LogP contribution in [-0.2, 0) is 11.3 Å². The number of aromatic nitrogens is 6. The molecule has 0 saturated carbocycles. The van der Waals surface area contributed by atoms with Gasteiger partial charge in [-0.05, 0) is 31.9 Å². The van der Waals surface area contributed by atoms with Crippen LogP contribution in [0.3, 0.4) is 0 Å². The van der Waals surface area contributed by atoms with E-state index in [0.29, 0.717) is 10.0 Å². The molecule has 0 spiro atoms. The monoisotopic (exact) mass is 1260 g/mol. The second-order valence-corrected chi connectivity index (χ2v) is 21.2. The van der Waals surface area contributed by atoms with Crippen molar-refractivity contribution in [1.82, 2.24) is 35.2 Å². The Bertz CT molecular complexity index is 4160. The highest BCUT2D eigenvalue weighted by Gasteiger charge is 2.27. The van der Waals surface area contributed by atoms with E-state index < -0.39 is 112 Å². The van der Waals surface area contributed by atoms with E-state index in [2.05, 4.69) is 120 Å². The fourth-order valence-electron chi connectivity index (χ4n) is 6.76. The van der Waals surface area contributed by atoms with E-state index >= 15 is 0 Å². The van der Waals surface area contributed by atoms with Crippen LogP contribution in [0.2, 0.25) is 0 Å². The van der Waals surface area contributed by atoms with Crippen LogP contribution in [0.15, 0.2) is 170 Å². The highest BCUT2D eigenvalue weighted by Crippen LogP contribution is 2.34. The lowest BCUT2D eigenvalue weighted by Gasteiger charge is -2.14. The van der Waals surface area contributed by atoms with Gasteiger partial charge >= 0.3 is 5.97 Å². The molecule has 7 rings (SSSR count). The number of nitrogens with zero attached hydrogens (tertiary/aromatic N) is 15. The fourth-order valence-corrected chi connectivity index (χ4v) is 9.12. The fraction of sp³-hybridized carbons (Fsp3) is 0.167. The minimum atomic E-state index is -1.63. The number of nitrogens with one attached hydrogen (secondary N) is 1. The predicted molar refractivity (Wildman–Crippen MR) is 329 cm³/mol. The van der Waals surface area contributed by atoms with Crippen LogP contribution < -0.4 is 5.32 Å². The molecule has 31 nitrogen and oxygen atoms in total. The van der Waals surface area contributed by atoms with Crippen LogP contribution in [0, 0.1) is 5.92 Å². The number of pyridine rings is 1. The van der Waals surface area contributed by atoms with Crippen LogP contribution >= 0.6 is 34.0 Å². The first-order valence-corrected chi connectivity index (χ1v) is 27.4. The number of thiazole rings is 3. The lowest BCUT2D eigenvalue weighted by atomic mass is 10.1. The minimum absolute atomic E-state index is 0.0582. The van der Waals surface area contributed by atoms with Crippen molar-refractivity contribution in [2.45, 2.75) is 52.4 Å². The van der Waals surface area contributed by atoms with Crippen molar-refractivity contribution in [3.63, 3.8) is 0 Å². The first-order valence-electron chi connectivity index (χ1n) is 24.9. The Balaban J connectivity index is 1.27. The third kappa shape index (κ3) is 15.9. The van der Waals surface area contributed by atoms with Crippen LogP contribution in [0.5, 0.6) is 0 Å². The van der Waals surface area contributed by atoms with Crippen molar-refractivity contribution in [3.05, 3.63) is 165 Å². The normalized spacial score (nSPS) is 17.0. The molecule has 1 aliphatic heterocycles. The number of hydrogen-bond acceptors (Lipinski definition) is 23. The summed E-state index contributed by atoms with van der Waals surface area (Å²) in [6.07, 6.45) is 4.93. The second kappa shape index (κ2) is 27.7. The van der Waals surface area contributed by atoms with E-state index in [-0.39, 0.29) is 84.5 Å². The average molecular weight is 1260 g/mol. The topological polar surface area (TPSA) is 484 Å². The van der Waals surface area contributed by atoms with Gasteiger partial charge in [0.15, 0.2) is 6.04 Å². The number of hydrogen-bond donors (Lipinski definition) is 12. The number of aliphatic imine (C=N–C) groups is 9. The lowest BCUT2D eigenvalue weighted by molar-refractivity contribution is -0.132. The van der Waals surface area contributed by atoms with Gasteiger partial charge in [0.05, 0.1) is 36.9 Å². The zero-order valence-electron chi connectivity index (χ0n) is 46.4. The molecule has 6 aromatic heterocycles. The number of fused-ring (bicyclic) bond motifs is 13. The van der Waals surface area contributed by atoms with E-state index in [0.717, 1.165) is 46.5 Å². The Labute approximate surface area is 508 Å². The molecule has 0 aliphatic carbocycles. The van der Waals surface area contributed by atoms with E-state index in [1.54, 1.807) is 26.8 Å². The number of rotatable bonds is 11. The van der Waals surface area contributed by atoms with Crippen molar-refractivity contribution in [2.24, 2.45) is 50.8 Å². The molecule has 3 atom stereocenters. The van der Waals surface area contributed by atoms with Crippen molar-refractivity contribution < 1.29 is 74.6 Å². The maximum Gasteiger partial charge on any atom is 0.354 e. The Morgan fingerprint density at radius 1 is 0.727 bits per heavy atom. The maximum atomic E-state index is 13.8. The zero-order valence-corrected chi connectivity index (χ0v) is 48.8. The molecule has 6 aromatic rings. The van der Waals surface area contributed by atoms with E-state index in [4.69, 9.17) is 13.9 Å². The van der Waals surface area contributed by atoms with E-state index in [1.807, 2.05) is 0 Å². The molecular weight excluding hydrogens is 1210 g/mol. The second-order valence-electron chi connectivity index (χ2n) is 18.2.